The van der Waals surface area contributed by atoms with E-state index in [4.69, 9.17) is 9.84 Å². The van der Waals surface area contributed by atoms with Gasteiger partial charge in [-0.15, -0.1) is 0 Å². The van der Waals surface area contributed by atoms with Gasteiger partial charge in [-0.25, -0.2) is 9.78 Å². The minimum Gasteiger partial charge on any atom is -0.487 e. The van der Waals surface area contributed by atoms with Gasteiger partial charge in [0.25, 0.3) is 5.91 Å². The molecule has 1 aromatic rings. The van der Waals surface area contributed by atoms with Crippen LogP contribution in [0, 0.1) is 0 Å². The fourth-order valence-electron chi connectivity index (χ4n) is 1.31. The molecule has 0 bridgehead atoms. The largest absolute Gasteiger partial charge is 0.487 e. The van der Waals surface area contributed by atoms with E-state index in [1.165, 1.54) is 6.20 Å². The highest BCUT2D eigenvalue weighted by molar-refractivity contribution is 5.97. The molecule has 2 rings (SSSR count). The van der Waals surface area contributed by atoms with Gasteiger partial charge in [0, 0.05) is 6.20 Å². The number of amides is 2. The zero-order valence-electron chi connectivity index (χ0n) is 8.14. The quantitative estimate of drug-likeness (QED) is 0.624. The molecule has 0 radical (unpaired) electrons. The van der Waals surface area contributed by atoms with Crippen LogP contribution in [0.2, 0.25) is 0 Å². The lowest BCUT2D eigenvalue weighted by molar-refractivity contribution is -0.118. The van der Waals surface area contributed by atoms with Gasteiger partial charge < -0.3 is 20.5 Å². The standard InChI is InChI=1S/C9H9N3O4/c13-8-5(11-9(14)15)4-16-6-2-1-3-10-7(6)12-8/h1-3,5,11H,4H2,(H,14,15)(H,10,12,13). The van der Waals surface area contributed by atoms with E-state index < -0.39 is 18.0 Å². The first-order valence-corrected chi connectivity index (χ1v) is 4.55. The zero-order valence-corrected chi connectivity index (χ0v) is 8.14. The van der Waals surface area contributed by atoms with Crippen molar-refractivity contribution < 1.29 is 19.4 Å². The average Bonchev–Trinajstić information content (AvgIpc) is 2.39. The Balaban J connectivity index is 2.18. The Labute approximate surface area is 90.4 Å². The molecule has 3 N–H and O–H groups in total. The Bertz CT molecular complexity index is 435. The Morgan fingerprint density at radius 2 is 2.50 bits per heavy atom. The smallest absolute Gasteiger partial charge is 0.405 e. The number of rotatable bonds is 1. The molecule has 1 atom stereocenters. The predicted molar refractivity (Wildman–Crippen MR) is 53.3 cm³/mol. The summed E-state index contributed by atoms with van der Waals surface area (Å²) in [4.78, 5) is 25.9. The topological polar surface area (TPSA) is 101 Å². The van der Waals surface area contributed by atoms with E-state index in [2.05, 4.69) is 15.6 Å². The van der Waals surface area contributed by atoms with E-state index >= 15 is 0 Å². The summed E-state index contributed by atoms with van der Waals surface area (Å²) in [6.07, 6.45) is 0.232. The number of hydrogen-bond acceptors (Lipinski definition) is 4. The van der Waals surface area contributed by atoms with Gasteiger partial charge in [-0.3, -0.25) is 4.79 Å². The van der Waals surface area contributed by atoms with Gasteiger partial charge in [-0.05, 0) is 12.1 Å². The predicted octanol–water partition coefficient (Wildman–Crippen LogP) is 0.0487. The van der Waals surface area contributed by atoms with Crippen LogP contribution in [0.15, 0.2) is 18.3 Å². The second kappa shape index (κ2) is 4.05. The van der Waals surface area contributed by atoms with E-state index in [-0.39, 0.29) is 6.61 Å². The Morgan fingerprint density at radius 3 is 3.25 bits per heavy atom. The fourth-order valence-corrected chi connectivity index (χ4v) is 1.31. The molecular formula is C9H9N3O4. The third kappa shape index (κ3) is 2.02. The molecule has 0 spiro atoms. The van der Waals surface area contributed by atoms with Crippen molar-refractivity contribution in [2.24, 2.45) is 0 Å². The minimum atomic E-state index is -1.28. The van der Waals surface area contributed by atoms with E-state index in [9.17, 15) is 9.59 Å². The molecule has 7 nitrogen and oxygen atoms in total. The molecule has 84 valence electrons. The average molecular weight is 223 g/mol. The molecule has 1 aliphatic rings. The molecule has 1 unspecified atom stereocenters. The highest BCUT2D eigenvalue weighted by Gasteiger charge is 2.26. The lowest BCUT2D eigenvalue weighted by Crippen LogP contribution is -2.45. The second-order valence-electron chi connectivity index (χ2n) is 3.15. The van der Waals surface area contributed by atoms with Crippen LogP contribution in [0.5, 0.6) is 5.75 Å². The molecule has 0 aromatic carbocycles. The maximum Gasteiger partial charge on any atom is 0.405 e. The Hall–Kier alpha value is -2.31. The molecule has 0 aliphatic carbocycles. The van der Waals surface area contributed by atoms with Crippen LogP contribution < -0.4 is 15.4 Å². The molecule has 0 saturated heterocycles. The summed E-state index contributed by atoms with van der Waals surface area (Å²) >= 11 is 0. The number of carbonyl (C=O) groups excluding carboxylic acids is 1. The van der Waals surface area contributed by atoms with Crippen LogP contribution in [0.4, 0.5) is 10.6 Å². The monoisotopic (exact) mass is 223 g/mol. The van der Waals surface area contributed by atoms with Crippen LogP contribution in [-0.2, 0) is 4.79 Å². The molecule has 0 saturated carbocycles. The van der Waals surface area contributed by atoms with E-state index in [1.807, 2.05) is 0 Å². The van der Waals surface area contributed by atoms with Gasteiger partial charge in [0.05, 0.1) is 0 Å². The van der Waals surface area contributed by atoms with E-state index in [0.29, 0.717) is 11.6 Å². The van der Waals surface area contributed by atoms with Crippen molar-refractivity contribution in [3.05, 3.63) is 18.3 Å². The second-order valence-corrected chi connectivity index (χ2v) is 3.15. The van der Waals surface area contributed by atoms with Gasteiger partial charge in [0.2, 0.25) is 0 Å². The third-order valence-corrected chi connectivity index (χ3v) is 2.03. The highest BCUT2D eigenvalue weighted by Crippen LogP contribution is 2.23. The number of aromatic nitrogens is 1. The maximum absolute atomic E-state index is 11.6. The molecule has 16 heavy (non-hydrogen) atoms. The molecule has 2 heterocycles. The zero-order chi connectivity index (χ0) is 11.5. The summed E-state index contributed by atoms with van der Waals surface area (Å²) in [7, 11) is 0. The van der Waals surface area contributed by atoms with Crippen molar-refractivity contribution in [1.82, 2.24) is 10.3 Å². The Kier molecular flexibility index (Phi) is 2.59. The number of anilines is 1. The highest BCUT2D eigenvalue weighted by atomic mass is 16.5. The van der Waals surface area contributed by atoms with E-state index in [1.54, 1.807) is 12.1 Å². The number of carboxylic acid groups (broad SMARTS) is 1. The number of nitrogens with one attached hydrogen (secondary N) is 2. The van der Waals surface area contributed by atoms with Crippen molar-refractivity contribution in [3.8, 4) is 5.75 Å². The molecule has 7 heteroatoms. The van der Waals surface area contributed by atoms with Crippen LogP contribution in [-0.4, -0.2) is 34.7 Å². The number of nitrogens with zero attached hydrogens (tertiary/aromatic N) is 1. The number of fused-ring (bicyclic) bond motifs is 1. The Morgan fingerprint density at radius 1 is 1.69 bits per heavy atom. The van der Waals surface area contributed by atoms with Crippen LogP contribution >= 0.6 is 0 Å². The molecule has 1 aromatic heterocycles. The summed E-state index contributed by atoms with van der Waals surface area (Å²) in [6, 6.07) is 2.37. The third-order valence-electron chi connectivity index (χ3n) is 2.03. The van der Waals surface area contributed by atoms with Gasteiger partial charge >= 0.3 is 6.09 Å². The first kappa shape index (κ1) is 10.2. The minimum absolute atomic E-state index is 0.0587. The molecule has 0 fully saturated rings. The van der Waals surface area contributed by atoms with Crippen molar-refractivity contribution in [2.75, 3.05) is 11.9 Å². The van der Waals surface area contributed by atoms with Gasteiger partial charge in [0.1, 0.15) is 12.6 Å². The lowest BCUT2D eigenvalue weighted by Gasteiger charge is -2.11. The summed E-state index contributed by atoms with van der Waals surface area (Å²) < 4.78 is 5.26. The van der Waals surface area contributed by atoms with Crippen molar-refractivity contribution in [2.45, 2.75) is 6.04 Å². The molecule has 2 amide bonds. The lowest BCUT2D eigenvalue weighted by atomic mass is 10.3. The summed E-state index contributed by atoms with van der Waals surface area (Å²) in [5, 5.41) is 13.1. The van der Waals surface area contributed by atoms with Crippen molar-refractivity contribution >= 4 is 17.8 Å². The van der Waals surface area contributed by atoms with Gasteiger partial charge in [0.15, 0.2) is 11.6 Å². The number of carbonyl (C=O) groups is 2. The first-order valence-electron chi connectivity index (χ1n) is 4.55. The normalized spacial score (nSPS) is 18.8. The number of ether oxygens (including phenoxy) is 1. The van der Waals surface area contributed by atoms with E-state index in [0.717, 1.165) is 0 Å². The fraction of sp³-hybridized carbons (Fsp3) is 0.222. The number of pyridine rings is 1. The van der Waals surface area contributed by atoms with Crippen LogP contribution in [0.25, 0.3) is 0 Å². The number of hydrogen-bond donors (Lipinski definition) is 3. The van der Waals surface area contributed by atoms with Gasteiger partial charge in [-0.1, -0.05) is 0 Å². The SMILES string of the molecule is O=C(O)NC1COc2cccnc2NC1=O. The van der Waals surface area contributed by atoms with Crippen molar-refractivity contribution in [1.29, 1.82) is 0 Å². The first-order chi connectivity index (χ1) is 7.66. The maximum atomic E-state index is 11.6. The van der Waals surface area contributed by atoms with Gasteiger partial charge in [-0.2, -0.15) is 0 Å². The van der Waals surface area contributed by atoms with Crippen LogP contribution in [0.1, 0.15) is 0 Å². The van der Waals surface area contributed by atoms with Crippen molar-refractivity contribution in [3.63, 3.8) is 0 Å². The summed E-state index contributed by atoms with van der Waals surface area (Å²) in [6.45, 7) is -0.0587. The van der Waals surface area contributed by atoms with Crippen LogP contribution in [0.3, 0.4) is 0 Å². The summed E-state index contributed by atoms with van der Waals surface area (Å²) in [5.41, 5.74) is 0. The molecular weight excluding hydrogens is 214 g/mol. The summed E-state index contributed by atoms with van der Waals surface area (Å²) in [5.74, 6) is 0.229. The molecule has 1 aliphatic heterocycles.